The number of benzene rings is 3. The quantitative estimate of drug-likeness (QED) is 0.593. The third-order valence-corrected chi connectivity index (χ3v) is 5.66. The van der Waals surface area contributed by atoms with E-state index >= 15 is 0 Å². The van der Waals surface area contributed by atoms with Crippen molar-refractivity contribution in [2.45, 2.75) is 12.0 Å². The number of hydrogen-bond donors (Lipinski definition) is 0. The van der Waals surface area contributed by atoms with Crippen molar-refractivity contribution in [2.75, 3.05) is 5.01 Å². The second-order valence-electron chi connectivity index (χ2n) is 6.62. The number of anilines is 1. The fraction of sp³-hybridized carbons (Fsp3) is 0.0909. The average molecular weight is 403 g/mol. The predicted molar refractivity (Wildman–Crippen MR) is 107 cm³/mol. The minimum absolute atomic E-state index is 0.106. The number of nitrogens with zero attached hydrogens (tertiary/aromatic N) is 2. The Labute approximate surface area is 160 Å². The molecule has 0 spiro atoms. The van der Waals surface area contributed by atoms with Gasteiger partial charge < -0.3 is 0 Å². The lowest BCUT2D eigenvalue weighted by Crippen LogP contribution is -2.42. The van der Waals surface area contributed by atoms with Crippen molar-refractivity contribution in [3.05, 3.63) is 100 Å². The Kier molecular flexibility index (Phi) is 3.37. The van der Waals surface area contributed by atoms with Crippen LogP contribution in [0.5, 0.6) is 0 Å². The summed E-state index contributed by atoms with van der Waals surface area (Å²) >= 11 is 3.49. The number of halogens is 1. The maximum atomic E-state index is 13.6. The largest absolute Gasteiger partial charge is 0.291 e. The fourth-order valence-corrected chi connectivity index (χ4v) is 4.31. The van der Waals surface area contributed by atoms with Crippen molar-refractivity contribution in [3.63, 3.8) is 0 Å². The Morgan fingerprint density at radius 2 is 1.62 bits per heavy atom. The molecule has 0 radical (unpaired) electrons. The summed E-state index contributed by atoms with van der Waals surface area (Å²) in [6.07, 6.45) is 0.562. The minimum Gasteiger partial charge on any atom is -0.291 e. The molecule has 0 fully saturated rings. The van der Waals surface area contributed by atoms with E-state index in [0.29, 0.717) is 6.42 Å². The van der Waals surface area contributed by atoms with Crippen LogP contribution in [-0.4, -0.2) is 11.5 Å². The summed E-state index contributed by atoms with van der Waals surface area (Å²) in [6.45, 7) is 0. The lowest BCUT2D eigenvalue weighted by Gasteiger charge is -2.30. The van der Waals surface area contributed by atoms with Crippen molar-refractivity contribution in [1.82, 2.24) is 0 Å². The van der Waals surface area contributed by atoms with E-state index in [1.807, 2.05) is 83.9 Å². The Morgan fingerprint density at radius 1 is 0.923 bits per heavy atom. The normalized spacial score (nSPS) is 20.7. The standard InChI is InChI=1S/C22H15BrN2O/c23-17-11-12-20-18(13-17)21(26)22(16-9-5-2-6-10-16)14-19(24-25(20)22)15-7-3-1-4-8-15/h1-13H,14H2. The molecule has 4 heteroatoms. The van der Waals surface area contributed by atoms with Crippen molar-refractivity contribution in [2.24, 2.45) is 5.10 Å². The number of carbonyl (C=O) groups excluding carboxylic acids is 1. The molecule has 2 aliphatic rings. The zero-order chi connectivity index (χ0) is 17.7. The van der Waals surface area contributed by atoms with Crippen molar-refractivity contribution in [3.8, 4) is 0 Å². The summed E-state index contributed by atoms with van der Waals surface area (Å²) in [5.74, 6) is 0.106. The van der Waals surface area contributed by atoms with Gasteiger partial charge >= 0.3 is 0 Å². The van der Waals surface area contributed by atoms with E-state index in [9.17, 15) is 4.79 Å². The first-order chi connectivity index (χ1) is 12.7. The molecular weight excluding hydrogens is 388 g/mol. The molecule has 2 heterocycles. The summed E-state index contributed by atoms with van der Waals surface area (Å²) in [6, 6.07) is 25.9. The van der Waals surface area contributed by atoms with Crippen LogP contribution in [0.15, 0.2) is 88.4 Å². The van der Waals surface area contributed by atoms with Crippen LogP contribution >= 0.6 is 15.9 Å². The summed E-state index contributed by atoms with van der Waals surface area (Å²) in [7, 11) is 0. The van der Waals surface area contributed by atoms with Crippen LogP contribution in [0.3, 0.4) is 0 Å². The number of fused-ring (bicyclic) bond motifs is 3. The van der Waals surface area contributed by atoms with Gasteiger partial charge in [-0.3, -0.25) is 4.79 Å². The van der Waals surface area contributed by atoms with Crippen LogP contribution in [0.4, 0.5) is 5.69 Å². The number of Topliss-reactive ketones (excluding diaryl/α,β-unsaturated/α-hetero) is 1. The SMILES string of the molecule is O=C1c2cc(Br)ccc2N2N=C(c3ccccc3)CC12c1ccccc1. The lowest BCUT2D eigenvalue weighted by molar-refractivity contribution is 0.0908. The summed E-state index contributed by atoms with van der Waals surface area (Å²) in [5.41, 5.74) is 3.77. The van der Waals surface area contributed by atoms with Crippen molar-refractivity contribution in [1.29, 1.82) is 0 Å². The molecule has 0 bridgehead atoms. The van der Waals surface area contributed by atoms with Gasteiger partial charge in [-0.05, 0) is 29.3 Å². The third kappa shape index (κ3) is 2.05. The number of hydrazone groups is 1. The van der Waals surface area contributed by atoms with E-state index in [1.165, 1.54) is 0 Å². The van der Waals surface area contributed by atoms with Gasteiger partial charge in [0.1, 0.15) is 0 Å². The monoisotopic (exact) mass is 402 g/mol. The second kappa shape index (κ2) is 5.64. The van der Waals surface area contributed by atoms with Gasteiger partial charge in [0.05, 0.1) is 11.4 Å². The van der Waals surface area contributed by atoms with Gasteiger partial charge in [0.2, 0.25) is 0 Å². The van der Waals surface area contributed by atoms with Crippen LogP contribution < -0.4 is 5.01 Å². The Morgan fingerprint density at radius 3 is 2.35 bits per heavy atom. The van der Waals surface area contributed by atoms with Crippen LogP contribution in [0.25, 0.3) is 0 Å². The topological polar surface area (TPSA) is 32.7 Å². The molecule has 1 atom stereocenters. The van der Waals surface area contributed by atoms with Gasteiger partial charge in [-0.15, -0.1) is 0 Å². The summed E-state index contributed by atoms with van der Waals surface area (Å²) < 4.78 is 0.904. The number of rotatable bonds is 2. The van der Waals surface area contributed by atoms with E-state index in [0.717, 1.165) is 32.6 Å². The Balaban J connectivity index is 1.74. The van der Waals surface area contributed by atoms with Gasteiger partial charge in [-0.25, -0.2) is 5.01 Å². The average Bonchev–Trinajstić information content (AvgIpc) is 3.19. The smallest absolute Gasteiger partial charge is 0.197 e. The number of ketones is 1. The first kappa shape index (κ1) is 15.5. The molecule has 0 aliphatic carbocycles. The van der Waals surface area contributed by atoms with Gasteiger partial charge in [0.25, 0.3) is 0 Å². The second-order valence-corrected chi connectivity index (χ2v) is 7.53. The van der Waals surface area contributed by atoms with Gasteiger partial charge in [-0.2, -0.15) is 5.10 Å². The van der Waals surface area contributed by atoms with E-state index in [2.05, 4.69) is 15.9 Å². The van der Waals surface area contributed by atoms with Crippen molar-refractivity contribution < 1.29 is 4.79 Å². The summed E-state index contributed by atoms with van der Waals surface area (Å²) in [5, 5.41) is 6.83. The number of carbonyl (C=O) groups is 1. The highest BCUT2D eigenvalue weighted by atomic mass is 79.9. The highest BCUT2D eigenvalue weighted by Crippen LogP contribution is 2.51. The van der Waals surface area contributed by atoms with E-state index in [4.69, 9.17) is 5.10 Å². The highest BCUT2D eigenvalue weighted by molar-refractivity contribution is 9.10. The third-order valence-electron chi connectivity index (χ3n) is 5.17. The zero-order valence-corrected chi connectivity index (χ0v) is 15.5. The van der Waals surface area contributed by atoms with E-state index in [1.54, 1.807) is 0 Å². The van der Waals surface area contributed by atoms with Crippen LogP contribution in [-0.2, 0) is 5.54 Å². The minimum atomic E-state index is -0.796. The molecule has 5 rings (SSSR count). The van der Waals surface area contributed by atoms with Gasteiger partial charge in [0.15, 0.2) is 11.3 Å². The number of hydrogen-bond acceptors (Lipinski definition) is 3. The lowest BCUT2D eigenvalue weighted by atomic mass is 9.81. The molecule has 0 saturated carbocycles. The maximum absolute atomic E-state index is 13.6. The Hall–Kier alpha value is -2.72. The van der Waals surface area contributed by atoms with Crippen LogP contribution in [0.1, 0.15) is 27.9 Å². The van der Waals surface area contributed by atoms with Crippen LogP contribution in [0.2, 0.25) is 0 Å². The molecule has 3 aromatic carbocycles. The fourth-order valence-electron chi connectivity index (χ4n) is 3.95. The Bertz CT molecular complexity index is 1050. The van der Waals surface area contributed by atoms with E-state index in [-0.39, 0.29) is 5.78 Å². The predicted octanol–water partition coefficient (Wildman–Crippen LogP) is 5.16. The maximum Gasteiger partial charge on any atom is 0.197 e. The molecule has 1 unspecified atom stereocenters. The molecule has 3 aromatic rings. The molecule has 0 N–H and O–H groups in total. The first-order valence-electron chi connectivity index (χ1n) is 8.53. The first-order valence-corrected chi connectivity index (χ1v) is 9.32. The molecule has 126 valence electrons. The summed E-state index contributed by atoms with van der Waals surface area (Å²) in [4.78, 5) is 13.6. The molecule has 0 amide bonds. The molecular formula is C22H15BrN2O. The highest BCUT2D eigenvalue weighted by Gasteiger charge is 2.56. The molecule has 3 nitrogen and oxygen atoms in total. The van der Waals surface area contributed by atoms with Gasteiger partial charge in [-0.1, -0.05) is 76.6 Å². The van der Waals surface area contributed by atoms with Gasteiger partial charge in [0, 0.05) is 16.5 Å². The molecule has 2 aliphatic heterocycles. The molecule has 0 saturated heterocycles. The van der Waals surface area contributed by atoms with Crippen molar-refractivity contribution >= 4 is 33.1 Å². The van der Waals surface area contributed by atoms with E-state index < -0.39 is 5.54 Å². The zero-order valence-electron chi connectivity index (χ0n) is 13.9. The molecule has 0 aromatic heterocycles. The van der Waals surface area contributed by atoms with Crippen LogP contribution in [0, 0.1) is 0 Å². The molecule has 26 heavy (non-hydrogen) atoms.